The summed E-state index contributed by atoms with van der Waals surface area (Å²) in [6, 6.07) is 3.43. The number of hydrazone groups is 1. The molecule has 26 heavy (non-hydrogen) atoms. The average Bonchev–Trinajstić information content (AvgIpc) is 2.67. The van der Waals surface area contributed by atoms with E-state index in [0.29, 0.717) is 22.8 Å². The Hall–Kier alpha value is -2.77. The van der Waals surface area contributed by atoms with Crippen LogP contribution in [-0.4, -0.2) is 45.4 Å². The zero-order chi connectivity index (χ0) is 18.9. The number of nitrogens with one attached hydrogen (secondary N) is 2. The largest absolute Gasteiger partial charge is 0.493 e. The molecule has 0 aliphatic heterocycles. The van der Waals surface area contributed by atoms with E-state index in [1.54, 1.807) is 12.1 Å². The van der Waals surface area contributed by atoms with Crippen molar-refractivity contribution in [2.75, 3.05) is 21.3 Å². The molecule has 2 amide bonds. The number of nitrogens with zero attached hydrogens (tertiary/aromatic N) is 1. The number of ether oxygens (including phenoxy) is 3. The molecule has 0 atom stereocenters. The van der Waals surface area contributed by atoms with E-state index in [0.717, 1.165) is 25.7 Å². The zero-order valence-corrected chi connectivity index (χ0v) is 15.3. The van der Waals surface area contributed by atoms with Crippen LogP contribution in [0.2, 0.25) is 0 Å². The molecule has 0 bridgehead atoms. The van der Waals surface area contributed by atoms with E-state index in [-0.39, 0.29) is 6.04 Å². The number of hydrogen-bond acceptors (Lipinski definition) is 6. The lowest BCUT2D eigenvalue weighted by Gasteiger charge is -2.22. The standard InChI is InChI=1S/C18H25N3O5/c1-24-14-9-12(10-15(25-2)16(14)26-3)11-19-21-18(23)17(22)20-13-7-5-4-6-8-13/h9-11,13H,4-8H2,1-3H3,(H,20,22)(H,21,23)/b19-11+. The molecule has 1 aromatic rings. The van der Waals surface area contributed by atoms with Gasteiger partial charge in [0.05, 0.1) is 27.5 Å². The van der Waals surface area contributed by atoms with Crippen LogP contribution in [0.15, 0.2) is 17.2 Å². The molecule has 2 rings (SSSR count). The van der Waals surface area contributed by atoms with Gasteiger partial charge in [0.25, 0.3) is 0 Å². The van der Waals surface area contributed by atoms with Crippen LogP contribution < -0.4 is 25.0 Å². The minimum absolute atomic E-state index is 0.0705. The second-order valence-electron chi connectivity index (χ2n) is 5.97. The molecule has 8 heteroatoms. The molecule has 0 spiro atoms. The van der Waals surface area contributed by atoms with Crippen LogP contribution in [-0.2, 0) is 9.59 Å². The maximum absolute atomic E-state index is 11.9. The molecule has 0 unspecified atom stereocenters. The molecule has 8 nitrogen and oxygen atoms in total. The summed E-state index contributed by atoms with van der Waals surface area (Å²) in [4.78, 5) is 23.7. The minimum atomic E-state index is -0.792. The zero-order valence-electron chi connectivity index (χ0n) is 15.3. The quantitative estimate of drug-likeness (QED) is 0.455. The lowest BCUT2D eigenvalue weighted by molar-refractivity contribution is -0.139. The SMILES string of the molecule is COc1cc(/C=N/NC(=O)C(=O)NC2CCCCC2)cc(OC)c1OC. The van der Waals surface area contributed by atoms with E-state index in [1.165, 1.54) is 34.0 Å². The average molecular weight is 363 g/mol. The van der Waals surface area contributed by atoms with Crippen LogP contribution in [0.1, 0.15) is 37.7 Å². The molecule has 1 aliphatic carbocycles. The monoisotopic (exact) mass is 363 g/mol. The number of hydrogen-bond donors (Lipinski definition) is 2. The third-order valence-electron chi connectivity index (χ3n) is 4.21. The number of amides is 2. The Morgan fingerprint density at radius 1 is 1.00 bits per heavy atom. The summed E-state index contributed by atoms with van der Waals surface area (Å²) in [6.07, 6.45) is 6.55. The predicted octanol–water partition coefficient (Wildman–Crippen LogP) is 1.61. The molecule has 1 saturated carbocycles. The third-order valence-corrected chi connectivity index (χ3v) is 4.21. The molecule has 1 aromatic carbocycles. The number of carbonyl (C=O) groups is 2. The van der Waals surface area contributed by atoms with Crippen LogP contribution in [0.5, 0.6) is 17.2 Å². The van der Waals surface area contributed by atoms with Crippen molar-refractivity contribution in [3.63, 3.8) is 0 Å². The van der Waals surface area contributed by atoms with E-state index in [2.05, 4.69) is 15.8 Å². The fourth-order valence-corrected chi connectivity index (χ4v) is 2.89. The second-order valence-corrected chi connectivity index (χ2v) is 5.97. The van der Waals surface area contributed by atoms with E-state index in [1.807, 2.05) is 0 Å². The lowest BCUT2D eigenvalue weighted by atomic mass is 9.95. The van der Waals surface area contributed by atoms with Crippen LogP contribution in [0.25, 0.3) is 0 Å². The van der Waals surface area contributed by atoms with Crippen molar-refractivity contribution in [1.29, 1.82) is 0 Å². The van der Waals surface area contributed by atoms with Crippen molar-refractivity contribution in [3.8, 4) is 17.2 Å². The molecule has 142 valence electrons. The summed E-state index contributed by atoms with van der Waals surface area (Å²) in [7, 11) is 4.53. The minimum Gasteiger partial charge on any atom is -0.493 e. The fraction of sp³-hybridized carbons (Fsp3) is 0.500. The summed E-state index contributed by atoms with van der Waals surface area (Å²) in [5, 5.41) is 6.56. The van der Waals surface area contributed by atoms with Crippen LogP contribution in [0.3, 0.4) is 0 Å². The second kappa shape index (κ2) is 9.65. The van der Waals surface area contributed by atoms with E-state index in [9.17, 15) is 9.59 Å². The van der Waals surface area contributed by atoms with Gasteiger partial charge in [0.1, 0.15) is 0 Å². The maximum Gasteiger partial charge on any atom is 0.329 e. The van der Waals surface area contributed by atoms with E-state index in [4.69, 9.17) is 14.2 Å². The Balaban J connectivity index is 1.96. The van der Waals surface area contributed by atoms with Gasteiger partial charge in [-0.05, 0) is 25.0 Å². The number of benzene rings is 1. The van der Waals surface area contributed by atoms with Gasteiger partial charge in [-0.15, -0.1) is 0 Å². The predicted molar refractivity (Wildman–Crippen MR) is 96.9 cm³/mol. The molecule has 0 heterocycles. The van der Waals surface area contributed by atoms with E-state index >= 15 is 0 Å². The maximum atomic E-state index is 11.9. The van der Waals surface area contributed by atoms with Gasteiger partial charge >= 0.3 is 11.8 Å². The first-order valence-corrected chi connectivity index (χ1v) is 8.53. The summed E-state index contributed by atoms with van der Waals surface area (Å²) in [5.41, 5.74) is 2.85. The summed E-state index contributed by atoms with van der Waals surface area (Å²) < 4.78 is 15.7. The number of methoxy groups -OCH3 is 3. The third kappa shape index (κ3) is 5.11. The first-order valence-electron chi connectivity index (χ1n) is 8.53. The summed E-state index contributed by atoms with van der Waals surface area (Å²) in [6.45, 7) is 0. The lowest BCUT2D eigenvalue weighted by Crippen LogP contribution is -2.44. The summed E-state index contributed by atoms with van der Waals surface area (Å²) in [5.74, 6) is -0.0643. The highest BCUT2D eigenvalue weighted by Crippen LogP contribution is 2.37. The highest BCUT2D eigenvalue weighted by atomic mass is 16.5. The van der Waals surface area contributed by atoms with Gasteiger partial charge in [-0.25, -0.2) is 5.43 Å². The normalized spacial score (nSPS) is 14.7. The topological polar surface area (TPSA) is 98.2 Å². The Labute approximate surface area is 152 Å². The van der Waals surface area contributed by atoms with Gasteiger partial charge in [0.15, 0.2) is 11.5 Å². The van der Waals surface area contributed by atoms with Crippen molar-refractivity contribution in [3.05, 3.63) is 17.7 Å². The van der Waals surface area contributed by atoms with Gasteiger partial charge < -0.3 is 19.5 Å². The summed E-state index contributed by atoms with van der Waals surface area (Å²) >= 11 is 0. The number of rotatable bonds is 6. The van der Waals surface area contributed by atoms with Crippen LogP contribution in [0, 0.1) is 0 Å². The van der Waals surface area contributed by atoms with Crippen molar-refractivity contribution in [2.24, 2.45) is 5.10 Å². The Bertz CT molecular complexity index is 644. The van der Waals surface area contributed by atoms with Crippen LogP contribution >= 0.6 is 0 Å². The molecule has 1 fully saturated rings. The van der Waals surface area contributed by atoms with Gasteiger partial charge in [0, 0.05) is 11.6 Å². The molecular weight excluding hydrogens is 338 g/mol. The first kappa shape index (κ1) is 19.6. The van der Waals surface area contributed by atoms with Gasteiger partial charge in [-0.1, -0.05) is 19.3 Å². The molecule has 0 aromatic heterocycles. The van der Waals surface area contributed by atoms with Crippen molar-refractivity contribution < 1.29 is 23.8 Å². The van der Waals surface area contributed by atoms with Gasteiger partial charge in [-0.3, -0.25) is 9.59 Å². The smallest absolute Gasteiger partial charge is 0.329 e. The highest BCUT2D eigenvalue weighted by molar-refractivity contribution is 6.35. The van der Waals surface area contributed by atoms with Crippen molar-refractivity contribution >= 4 is 18.0 Å². The molecule has 0 radical (unpaired) electrons. The number of carbonyl (C=O) groups excluding carboxylic acids is 2. The van der Waals surface area contributed by atoms with Crippen molar-refractivity contribution in [2.45, 2.75) is 38.1 Å². The van der Waals surface area contributed by atoms with Crippen molar-refractivity contribution in [1.82, 2.24) is 10.7 Å². The first-order chi connectivity index (χ1) is 12.6. The molecular formula is C18H25N3O5. The molecule has 0 saturated heterocycles. The Morgan fingerprint density at radius 3 is 2.15 bits per heavy atom. The highest BCUT2D eigenvalue weighted by Gasteiger charge is 2.20. The Kier molecular flexibility index (Phi) is 7.25. The van der Waals surface area contributed by atoms with E-state index < -0.39 is 11.8 Å². The van der Waals surface area contributed by atoms with Crippen LogP contribution in [0.4, 0.5) is 0 Å². The van der Waals surface area contributed by atoms with Gasteiger partial charge in [-0.2, -0.15) is 5.10 Å². The fourth-order valence-electron chi connectivity index (χ4n) is 2.89. The Morgan fingerprint density at radius 2 is 1.62 bits per heavy atom. The van der Waals surface area contributed by atoms with Gasteiger partial charge in [0.2, 0.25) is 5.75 Å². The molecule has 1 aliphatic rings. The molecule has 2 N–H and O–H groups in total.